The maximum Gasteiger partial charge on any atom is 0.322 e. The van der Waals surface area contributed by atoms with Gasteiger partial charge in [0.25, 0.3) is 0 Å². The highest BCUT2D eigenvalue weighted by Crippen LogP contribution is 2.18. The maximum atomic E-state index is 12.2. The molecule has 1 fully saturated rings. The lowest BCUT2D eigenvalue weighted by Gasteiger charge is -2.22. The van der Waals surface area contributed by atoms with E-state index in [-0.39, 0.29) is 18.7 Å². The summed E-state index contributed by atoms with van der Waals surface area (Å²) in [6.07, 6.45) is 5.25. The molecule has 0 aliphatic carbocycles. The van der Waals surface area contributed by atoms with Crippen LogP contribution in [0, 0.1) is 0 Å². The number of amides is 2. The van der Waals surface area contributed by atoms with Crippen LogP contribution in [0.1, 0.15) is 18.4 Å². The molecule has 1 atom stereocenters. The molecule has 0 unspecified atom stereocenters. The molecule has 0 saturated carbocycles. The smallest absolute Gasteiger partial charge is 0.322 e. The molecular weight excluding hydrogens is 280 g/mol. The Kier molecular flexibility index (Phi) is 4.39. The van der Waals surface area contributed by atoms with Crippen molar-refractivity contribution in [1.29, 1.82) is 0 Å². The summed E-state index contributed by atoms with van der Waals surface area (Å²) in [6, 6.07) is 9.79. The summed E-state index contributed by atoms with van der Waals surface area (Å²) in [5.74, 6) is 0. The van der Waals surface area contributed by atoms with Crippen molar-refractivity contribution in [3.05, 3.63) is 48.3 Å². The molecule has 2 heterocycles. The minimum atomic E-state index is -0.171. The average Bonchev–Trinajstić information content (AvgIpc) is 3.17. The Bertz CT molecular complexity index is 626. The van der Waals surface area contributed by atoms with Gasteiger partial charge in [0.05, 0.1) is 31.1 Å². The van der Waals surface area contributed by atoms with E-state index in [1.165, 1.54) is 0 Å². The normalized spacial score (nSPS) is 17.7. The number of anilines is 1. The lowest BCUT2D eigenvalue weighted by Crippen LogP contribution is -2.40. The van der Waals surface area contributed by atoms with Gasteiger partial charge in [0.15, 0.2) is 0 Å². The van der Waals surface area contributed by atoms with Crippen molar-refractivity contribution in [2.24, 2.45) is 0 Å². The van der Waals surface area contributed by atoms with Gasteiger partial charge in [-0.05, 0) is 18.4 Å². The van der Waals surface area contributed by atoms with Gasteiger partial charge in [-0.1, -0.05) is 30.3 Å². The zero-order valence-electron chi connectivity index (χ0n) is 12.4. The largest absolute Gasteiger partial charge is 0.394 e. The van der Waals surface area contributed by atoms with Gasteiger partial charge in [-0.2, -0.15) is 5.10 Å². The second-order valence-corrected chi connectivity index (χ2v) is 5.51. The number of nitrogens with one attached hydrogen (secondary N) is 1. The number of carbonyl (C=O) groups is 1. The van der Waals surface area contributed by atoms with E-state index in [0.717, 1.165) is 18.4 Å². The zero-order chi connectivity index (χ0) is 15.4. The number of rotatable bonds is 4. The summed E-state index contributed by atoms with van der Waals surface area (Å²) in [6.45, 7) is 1.37. The van der Waals surface area contributed by atoms with E-state index < -0.39 is 0 Å². The number of benzene rings is 1. The molecule has 1 aromatic carbocycles. The van der Waals surface area contributed by atoms with E-state index in [2.05, 4.69) is 10.4 Å². The molecule has 2 amide bonds. The maximum absolute atomic E-state index is 12.2. The Hall–Kier alpha value is -2.34. The van der Waals surface area contributed by atoms with Crippen LogP contribution in [0.25, 0.3) is 0 Å². The van der Waals surface area contributed by atoms with Gasteiger partial charge in [0, 0.05) is 12.7 Å². The highest BCUT2D eigenvalue weighted by molar-refractivity contribution is 5.89. The van der Waals surface area contributed by atoms with Crippen LogP contribution in [0.15, 0.2) is 42.7 Å². The van der Waals surface area contributed by atoms with Crippen molar-refractivity contribution >= 4 is 11.7 Å². The molecule has 0 bridgehead atoms. The fourth-order valence-corrected chi connectivity index (χ4v) is 2.77. The zero-order valence-corrected chi connectivity index (χ0v) is 12.4. The molecule has 116 valence electrons. The van der Waals surface area contributed by atoms with Crippen molar-refractivity contribution in [2.75, 3.05) is 18.5 Å². The first-order chi connectivity index (χ1) is 10.8. The van der Waals surface area contributed by atoms with Gasteiger partial charge < -0.3 is 15.3 Å². The molecule has 0 radical (unpaired) electrons. The summed E-state index contributed by atoms with van der Waals surface area (Å²) in [4.78, 5) is 13.9. The molecule has 1 aliphatic heterocycles. The number of hydrogen-bond donors (Lipinski definition) is 2. The van der Waals surface area contributed by atoms with Gasteiger partial charge in [0.2, 0.25) is 0 Å². The Labute approximate surface area is 129 Å². The highest BCUT2D eigenvalue weighted by atomic mass is 16.3. The van der Waals surface area contributed by atoms with E-state index in [1.807, 2.05) is 36.5 Å². The predicted molar refractivity (Wildman–Crippen MR) is 83.6 cm³/mol. The van der Waals surface area contributed by atoms with Crippen LogP contribution in [0.4, 0.5) is 10.5 Å². The van der Waals surface area contributed by atoms with Crippen LogP contribution in [0.3, 0.4) is 0 Å². The van der Waals surface area contributed by atoms with Crippen LogP contribution in [-0.4, -0.2) is 45.0 Å². The van der Waals surface area contributed by atoms with Gasteiger partial charge in [-0.3, -0.25) is 4.68 Å². The summed E-state index contributed by atoms with van der Waals surface area (Å²) in [7, 11) is 0. The summed E-state index contributed by atoms with van der Waals surface area (Å²) >= 11 is 0. The number of aliphatic hydroxyl groups is 1. The van der Waals surface area contributed by atoms with Gasteiger partial charge in [-0.15, -0.1) is 0 Å². The molecule has 0 spiro atoms. The monoisotopic (exact) mass is 300 g/mol. The predicted octanol–water partition coefficient (Wildman–Crippen LogP) is 1.92. The van der Waals surface area contributed by atoms with Crippen LogP contribution in [-0.2, 0) is 6.54 Å². The van der Waals surface area contributed by atoms with Gasteiger partial charge in [-0.25, -0.2) is 4.79 Å². The van der Waals surface area contributed by atoms with Crippen molar-refractivity contribution < 1.29 is 9.90 Å². The Morgan fingerprint density at radius 1 is 1.36 bits per heavy atom. The van der Waals surface area contributed by atoms with E-state index in [4.69, 9.17) is 0 Å². The standard InChI is InChI=1S/C16H20N4O2/c21-12-15-7-4-8-20(15)16(22)18-14-9-17-19(11-14)10-13-5-2-1-3-6-13/h1-3,5-6,9,11,15,21H,4,7-8,10,12H2,(H,18,22)/t15-/m1/s1. The molecule has 22 heavy (non-hydrogen) atoms. The molecule has 1 aromatic heterocycles. The quantitative estimate of drug-likeness (QED) is 0.906. The number of aliphatic hydroxyl groups excluding tert-OH is 1. The third-order valence-electron chi connectivity index (χ3n) is 3.92. The Morgan fingerprint density at radius 3 is 2.95 bits per heavy atom. The third kappa shape index (κ3) is 3.28. The number of aromatic nitrogens is 2. The molecule has 6 nitrogen and oxygen atoms in total. The van der Waals surface area contributed by atoms with Crippen LogP contribution >= 0.6 is 0 Å². The van der Waals surface area contributed by atoms with Crippen LogP contribution < -0.4 is 5.32 Å². The molecular formula is C16H20N4O2. The summed E-state index contributed by atoms with van der Waals surface area (Å²) < 4.78 is 1.79. The van der Waals surface area contributed by atoms with E-state index in [1.54, 1.807) is 15.8 Å². The number of likely N-dealkylation sites (tertiary alicyclic amines) is 1. The fourth-order valence-electron chi connectivity index (χ4n) is 2.77. The third-order valence-corrected chi connectivity index (χ3v) is 3.92. The molecule has 2 N–H and O–H groups in total. The molecule has 2 aromatic rings. The number of carbonyl (C=O) groups excluding carboxylic acids is 1. The highest BCUT2D eigenvalue weighted by Gasteiger charge is 2.28. The average molecular weight is 300 g/mol. The number of nitrogens with zero attached hydrogens (tertiary/aromatic N) is 3. The summed E-state index contributed by atoms with van der Waals surface area (Å²) in [5.41, 5.74) is 1.83. The second-order valence-electron chi connectivity index (χ2n) is 5.51. The fraction of sp³-hybridized carbons (Fsp3) is 0.375. The topological polar surface area (TPSA) is 70.4 Å². The first kappa shape index (κ1) is 14.6. The second kappa shape index (κ2) is 6.62. The molecule has 3 rings (SSSR count). The van der Waals surface area contributed by atoms with Crippen molar-refractivity contribution in [2.45, 2.75) is 25.4 Å². The minimum absolute atomic E-state index is 0.0146. The Morgan fingerprint density at radius 2 is 2.18 bits per heavy atom. The lowest BCUT2D eigenvalue weighted by molar-refractivity contribution is 0.166. The molecule has 1 aliphatic rings. The minimum Gasteiger partial charge on any atom is -0.394 e. The van der Waals surface area contributed by atoms with Gasteiger partial charge >= 0.3 is 6.03 Å². The number of hydrogen-bond acceptors (Lipinski definition) is 3. The van der Waals surface area contributed by atoms with E-state index >= 15 is 0 Å². The number of urea groups is 1. The molecule has 6 heteroatoms. The first-order valence-corrected chi connectivity index (χ1v) is 7.51. The summed E-state index contributed by atoms with van der Waals surface area (Å²) in [5, 5.41) is 16.4. The van der Waals surface area contributed by atoms with Crippen LogP contribution in [0.5, 0.6) is 0 Å². The lowest BCUT2D eigenvalue weighted by atomic mass is 10.2. The Balaban J connectivity index is 1.61. The van der Waals surface area contributed by atoms with Gasteiger partial charge in [0.1, 0.15) is 0 Å². The van der Waals surface area contributed by atoms with E-state index in [0.29, 0.717) is 18.8 Å². The van der Waals surface area contributed by atoms with Crippen molar-refractivity contribution in [3.63, 3.8) is 0 Å². The SMILES string of the molecule is O=C(Nc1cnn(Cc2ccccc2)c1)N1CCC[C@@H]1CO. The van der Waals surface area contributed by atoms with Crippen LogP contribution in [0.2, 0.25) is 0 Å². The van der Waals surface area contributed by atoms with E-state index in [9.17, 15) is 9.90 Å². The van der Waals surface area contributed by atoms with Crippen molar-refractivity contribution in [3.8, 4) is 0 Å². The first-order valence-electron chi connectivity index (χ1n) is 7.51. The van der Waals surface area contributed by atoms with Crippen molar-refractivity contribution in [1.82, 2.24) is 14.7 Å². The molecule has 1 saturated heterocycles.